The Morgan fingerprint density at radius 3 is 2.25 bits per heavy atom. The molecule has 0 radical (unpaired) electrons. The van der Waals surface area contributed by atoms with Crippen molar-refractivity contribution in [2.24, 2.45) is 0 Å². The molecule has 0 amide bonds. The first-order valence-electron chi connectivity index (χ1n) is 6.33. The number of hydrogen-bond donors (Lipinski definition) is 0. The van der Waals surface area contributed by atoms with Crippen LogP contribution in [0.3, 0.4) is 0 Å². The molecule has 20 heavy (non-hydrogen) atoms. The van der Waals surface area contributed by atoms with Crippen LogP contribution in [0.15, 0.2) is 30.5 Å². The van der Waals surface area contributed by atoms with Gasteiger partial charge < -0.3 is 4.74 Å². The van der Waals surface area contributed by atoms with Gasteiger partial charge in [-0.1, -0.05) is 20.8 Å². The van der Waals surface area contributed by atoms with E-state index >= 15 is 0 Å². The third kappa shape index (κ3) is 2.79. The lowest BCUT2D eigenvalue weighted by atomic mass is 9.85. The van der Waals surface area contributed by atoms with Gasteiger partial charge in [0, 0.05) is 23.4 Å². The Labute approximate surface area is 117 Å². The number of hydrogen-bond acceptors (Lipinski definition) is 2. The maximum atomic E-state index is 14.2. The van der Waals surface area contributed by atoms with E-state index in [4.69, 9.17) is 4.74 Å². The predicted octanol–water partition coefficient (Wildman–Crippen LogP) is 4.33. The summed E-state index contributed by atoms with van der Waals surface area (Å²) in [4.78, 5) is 4.00. The molecule has 0 aliphatic rings. The third-order valence-corrected chi connectivity index (χ3v) is 3.12. The predicted molar refractivity (Wildman–Crippen MR) is 74.8 cm³/mol. The van der Waals surface area contributed by atoms with Crippen molar-refractivity contribution in [2.45, 2.75) is 26.2 Å². The van der Waals surface area contributed by atoms with Gasteiger partial charge in [0.2, 0.25) is 5.88 Å². The summed E-state index contributed by atoms with van der Waals surface area (Å²) in [6.07, 6.45) is 1.47. The topological polar surface area (TPSA) is 22.1 Å². The summed E-state index contributed by atoms with van der Waals surface area (Å²) in [5.41, 5.74) is 0.634. The Bertz CT molecular complexity index is 616. The highest BCUT2D eigenvalue weighted by Crippen LogP contribution is 2.31. The van der Waals surface area contributed by atoms with Gasteiger partial charge >= 0.3 is 0 Å². The Morgan fingerprint density at radius 2 is 1.75 bits per heavy atom. The SMILES string of the molecule is COc1ccc(-c2cc(F)c(C(C)(C)C)cc2F)cn1. The average molecular weight is 277 g/mol. The van der Waals surface area contributed by atoms with E-state index in [0.29, 0.717) is 17.0 Å². The summed E-state index contributed by atoms with van der Waals surface area (Å²) in [6.45, 7) is 5.54. The number of rotatable bonds is 2. The van der Waals surface area contributed by atoms with Gasteiger partial charge in [0.25, 0.3) is 0 Å². The minimum Gasteiger partial charge on any atom is -0.481 e. The van der Waals surface area contributed by atoms with E-state index in [-0.39, 0.29) is 5.56 Å². The van der Waals surface area contributed by atoms with Crippen LogP contribution in [0, 0.1) is 11.6 Å². The van der Waals surface area contributed by atoms with Crippen LogP contribution in [0.25, 0.3) is 11.1 Å². The van der Waals surface area contributed by atoms with Gasteiger partial charge in [-0.2, -0.15) is 0 Å². The molecule has 0 saturated heterocycles. The monoisotopic (exact) mass is 277 g/mol. The number of methoxy groups -OCH3 is 1. The molecular weight excluding hydrogens is 260 g/mol. The Hall–Kier alpha value is -1.97. The highest BCUT2D eigenvalue weighted by molar-refractivity contribution is 5.64. The van der Waals surface area contributed by atoms with Crippen molar-refractivity contribution in [3.8, 4) is 17.0 Å². The van der Waals surface area contributed by atoms with Crippen LogP contribution in [0.2, 0.25) is 0 Å². The summed E-state index contributed by atoms with van der Waals surface area (Å²) in [7, 11) is 1.50. The number of benzene rings is 1. The number of halogens is 2. The number of ether oxygens (including phenoxy) is 1. The largest absolute Gasteiger partial charge is 0.481 e. The summed E-state index contributed by atoms with van der Waals surface area (Å²) < 4.78 is 33.3. The van der Waals surface area contributed by atoms with E-state index in [0.717, 1.165) is 0 Å². The molecule has 0 unspecified atom stereocenters. The zero-order valence-electron chi connectivity index (χ0n) is 12.0. The number of nitrogens with zero attached hydrogens (tertiary/aromatic N) is 1. The fraction of sp³-hybridized carbons (Fsp3) is 0.312. The first-order valence-corrected chi connectivity index (χ1v) is 6.33. The minimum atomic E-state index is -0.455. The fourth-order valence-electron chi connectivity index (χ4n) is 2.00. The Morgan fingerprint density at radius 1 is 1.05 bits per heavy atom. The smallest absolute Gasteiger partial charge is 0.212 e. The van der Waals surface area contributed by atoms with E-state index in [1.54, 1.807) is 12.1 Å². The van der Waals surface area contributed by atoms with Gasteiger partial charge in [0.1, 0.15) is 11.6 Å². The maximum absolute atomic E-state index is 14.2. The fourth-order valence-corrected chi connectivity index (χ4v) is 2.00. The normalized spacial score (nSPS) is 11.5. The summed E-state index contributed by atoms with van der Waals surface area (Å²) >= 11 is 0. The van der Waals surface area contributed by atoms with Gasteiger partial charge in [0.05, 0.1) is 7.11 Å². The van der Waals surface area contributed by atoms with Gasteiger partial charge in [-0.05, 0) is 29.2 Å². The van der Waals surface area contributed by atoms with Gasteiger partial charge in [-0.15, -0.1) is 0 Å². The van der Waals surface area contributed by atoms with Gasteiger partial charge in [-0.25, -0.2) is 13.8 Å². The minimum absolute atomic E-state index is 0.200. The summed E-state index contributed by atoms with van der Waals surface area (Å²) in [6, 6.07) is 5.75. The lowest BCUT2D eigenvalue weighted by Gasteiger charge is -2.20. The quantitative estimate of drug-likeness (QED) is 0.815. The molecule has 1 aromatic heterocycles. The van der Waals surface area contributed by atoms with Crippen molar-refractivity contribution in [2.75, 3.05) is 7.11 Å². The van der Waals surface area contributed by atoms with Crippen LogP contribution < -0.4 is 4.74 Å². The molecule has 0 bridgehead atoms. The van der Waals surface area contributed by atoms with E-state index in [9.17, 15) is 8.78 Å². The molecular formula is C16H17F2NO. The molecule has 1 heterocycles. The molecule has 0 aliphatic carbocycles. The first kappa shape index (κ1) is 14.4. The van der Waals surface area contributed by atoms with Gasteiger partial charge in [-0.3, -0.25) is 0 Å². The van der Waals surface area contributed by atoms with Crippen molar-refractivity contribution in [1.82, 2.24) is 4.98 Å². The van der Waals surface area contributed by atoms with E-state index < -0.39 is 17.0 Å². The van der Waals surface area contributed by atoms with Crippen molar-refractivity contribution in [1.29, 1.82) is 0 Å². The number of pyridine rings is 1. The molecule has 106 valence electrons. The zero-order chi connectivity index (χ0) is 14.9. The van der Waals surface area contributed by atoms with Crippen LogP contribution in [0.4, 0.5) is 8.78 Å². The second-order valence-electron chi connectivity index (χ2n) is 5.65. The lowest BCUT2D eigenvalue weighted by molar-refractivity contribution is 0.398. The second kappa shape index (κ2) is 5.19. The average Bonchev–Trinajstić information content (AvgIpc) is 2.40. The Balaban J connectivity index is 2.50. The molecule has 0 saturated carbocycles. The van der Waals surface area contributed by atoms with Crippen LogP contribution in [0.5, 0.6) is 5.88 Å². The first-order chi connectivity index (χ1) is 9.32. The van der Waals surface area contributed by atoms with Crippen LogP contribution in [0.1, 0.15) is 26.3 Å². The Kier molecular flexibility index (Phi) is 3.75. The molecule has 0 atom stereocenters. The molecule has 0 aliphatic heterocycles. The van der Waals surface area contributed by atoms with Crippen LogP contribution in [-0.4, -0.2) is 12.1 Å². The van der Waals surface area contributed by atoms with Crippen LogP contribution >= 0.6 is 0 Å². The molecule has 1 aromatic carbocycles. The molecule has 0 N–H and O–H groups in total. The van der Waals surface area contributed by atoms with Crippen molar-refractivity contribution < 1.29 is 13.5 Å². The molecule has 2 rings (SSSR count). The highest BCUT2D eigenvalue weighted by atomic mass is 19.1. The van der Waals surface area contributed by atoms with E-state index in [2.05, 4.69) is 4.98 Å². The van der Waals surface area contributed by atoms with Crippen molar-refractivity contribution in [3.63, 3.8) is 0 Å². The molecule has 2 aromatic rings. The third-order valence-electron chi connectivity index (χ3n) is 3.12. The molecule has 0 spiro atoms. The summed E-state index contributed by atoms with van der Waals surface area (Å²) in [5, 5.41) is 0. The van der Waals surface area contributed by atoms with Crippen molar-refractivity contribution in [3.05, 3.63) is 47.7 Å². The van der Waals surface area contributed by atoms with E-state index in [1.165, 1.54) is 25.4 Å². The maximum Gasteiger partial charge on any atom is 0.212 e. The van der Waals surface area contributed by atoms with E-state index in [1.807, 2.05) is 20.8 Å². The number of aromatic nitrogens is 1. The summed E-state index contributed by atoms with van der Waals surface area (Å²) in [5.74, 6) is -0.436. The van der Waals surface area contributed by atoms with Crippen LogP contribution in [-0.2, 0) is 5.41 Å². The molecule has 4 heteroatoms. The van der Waals surface area contributed by atoms with Crippen molar-refractivity contribution >= 4 is 0 Å². The zero-order valence-corrected chi connectivity index (χ0v) is 12.0. The standard InChI is InChI=1S/C16H17F2NO/c1-16(2,3)12-8-13(17)11(7-14(12)18)10-5-6-15(20-4)19-9-10/h5-9H,1-4H3. The van der Waals surface area contributed by atoms with Gasteiger partial charge in [0.15, 0.2) is 0 Å². The molecule has 0 fully saturated rings. The highest BCUT2D eigenvalue weighted by Gasteiger charge is 2.21. The lowest BCUT2D eigenvalue weighted by Crippen LogP contribution is -2.14. The molecule has 2 nitrogen and oxygen atoms in total. The second-order valence-corrected chi connectivity index (χ2v) is 5.65.